The number of rotatable bonds is 3. The number of nitro benzene ring substituents is 1. The summed E-state index contributed by atoms with van der Waals surface area (Å²) in [6.45, 7) is 3.91. The van der Waals surface area contributed by atoms with E-state index < -0.39 is 10.5 Å². The van der Waals surface area contributed by atoms with Gasteiger partial charge in [0, 0.05) is 24.2 Å². The zero-order valence-electron chi connectivity index (χ0n) is 14.2. The first-order chi connectivity index (χ1) is 11.9. The van der Waals surface area contributed by atoms with Crippen LogP contribution < -0.4 is 5.56 Å². The van der Waals surface area contributed by atoms with Gasteiger partial charge in [0.25, 0.3) is 11.2 Å². The first-order valence-corrected chi connectivity index (χ1v) is 8.33. The van der Waals surface area contributed by atoms with Gasteiger partial charge in [0.05, 0.1) is 22.2 Å². The van der Waals surface area contributed by atoms with Crippen LogP contribution >= 0.6 is 0 Å². The van der Waals surface area contributed by atoms with Crippen LogP contribution in [0.4, 0.5) is 5.69 Å². The Morgan fingerprint density at radius 2 is 2.00 bits per heavy atom. The summed E-state index contributed by atoms with van der Waals surface area (Å²) in [5, 5.41) is 11.1. The third kappa shape index (κ3) is 3.24. The average molecular weight is 344 g/mol. The average Bonchev–Trinajstić information content (AvgIpc) is 2.57. The second-order valence-electron chi connectivity index (χ2n) is 6.57. The first kappa shape index (κ1) is 17.1. The van der Waals surface area contributed by atoms with E-state index in [1.54, 1.807) is 0 Å². The number of likely N-dealkylation sites (tertiary alicyclic amines) is 1. The third-order valence-corrected chi connectivity index (χ3v) is 4.81. The van der Waals surface area contributed by atoms with Crippen molar-refractivity contribution in [1.82, 2.24) is 14.5 Å². The summed E-state index contributed by atoms with van der Waals surface area (Å²) in [5.41, 5.74) is -0.243. The smallest absolute Gasteiger partial charge is 0.270 e. The predicted octanol–water partition coefficient (Wildman–Crippen LogP) is 2.09. The van der Waals surface area contributed by atoms with Gasteiger partial charge >= 0.3 is 0 Å². The summed E-state index contributed by atoms with van der Waals surface area (Å²) in [6, 6.07) is 4.23. The van der Waals surface area contributed by atoms with Gasteiger partial charge in [-0.25, -0.2) is 4.98 Å². The van der Waals surface area contributed by atoms with Crippen molar-refractivity contribution in [3.8, 4) is 0 Å². The summed E-state index contributed by atoms with van der Waals surface area (Å²) in [5.74, 6) is -0.131. The molecule has 8 heteroatoms. The molecule has 0 saturated carbocycles. The Labute approximate surface area is 144 Å². The number of fused-ring (bicyclic) bond motifs is 1. The van der Waals surface area contributed by atoms with Crippen molar-refractivity contribution < 1.29 is 9.72 Å². The highest BCUT2D eigenvalue weighted by atomic mass is 16.6. The lowest BCUT2D eigenvalue weighted by atomic mass is 9.97. The van der Waals surface area contributed by atoms with E-state index in [1.807, 2.05) is 18.7 Å². The molecule has 0 aliphatic carbocycles. The number of carbonyl (C=O) groups is 1. The normalized spacial score (nSPS) is 20.6. The van der Waals surface area contributed by atoms with E-state index in [1.165, 1.54) is 29.1 Å². The van der Waals surface area contributed by atoms with Crippen molar-refractivity contribution >= 4 is 22.5 Å². The highest BCUT2D eigenvalue weighted by molar-refractivity contribution is 5.81. The number of hydrogen-bond acceptors (Lipinski definition) is 5. The Morgan fingerprint density at radius 1 is 1.32 bits per heavy atom. The summed E-state index contributed by atoms with van der Waals surface area (Å²) in [7, 11) is 0. The molecule has 0 bridgehead atoms. The molecule has 2 heterocycles. The van der Waals surface area contributed by atoms with Crippen molar-refractivity contribution in [2.24, 2.45) is 0 Å². The van der Waals surface area contributed by atoms with Crippen LogP contribution in [0.3, 0.4) is 0 Å². The molecule has 3 rings (SSSR count). The van der Waals surface area contributed by atoms with Gasteiger partial charge in [-0.05, 0) is 39.2 Å². The molecule has 1 aromatic carbocycles. The number of nitro groups is 1. The van der Waals surface area contributed by atoms with Gasteiger partial charge < -0.3 is 4.90 Å². The molecule has 1 fully saturated rings. The monoisotopic (exact) mass is 344 g/mol. The fourth-order valence-corrected chi connectivity index (χ4v) is 3.51. The minimum absolute atomic E-state index is 0.112. The van der Waals surface area contributed by atoms with E-state index >= 15 is 0 Å². The van der Waals surface area contributed by atoms with Gasteiger partial charge in [0.2, 0.25) is 5.91 Å². The number of piperidine rings is 1. The van der Waals surface area contributed by atoms with Crippen LogP contribution in [-0.4, -0.2) is 37.4 Å². The molecular formula is C17H20N4O4. The van der Waals surface area contributed by atoms with Crippen LogP contribution in [0.5, 0.6) is 0 Å². The molecule has 0 radical (unpaired) electrons. The molecule has 8 nitrogen and oxygen atoms in total. The van der Waals surface area contributed by atoms with Crippen molar-refractivity contribution in [2.75, 3.05) is 0 Å². The molecule has 1 amide bonds. The molecular weight excluding hydrogens is 324 g/mol. The highest BCUT2D eigenvalue weighted by Crippen LogP contribution is 2.23. The molecule has 0 N–H and O–H groups in total. The minimum Gasteiger partial charge on any atom is -0.336 e. The Hall–Kier alpha value is -2.77. The van der Waals surface area contributed by atoms with Gasteiger partial charge in [0.15, 0.2) is 0 Å². The fraction of sp³-hybridized carbons (Fsp3) is 0.471. The van der Waals surface area contributed by atoms with E-state index in [9.17, 15) is 19.7 Å². The van der Waals surface area contributed by atoms with Gasteiger partial charge in [-0.3, -0.25) is 24.3 Å². The fourth-order valence-electron chi connectivity index (χ4n) is 3.51. The van der Waals surface area contributed by atoms with Crippen molar-refractivity contribution in [3.05, 3.63) is 45.0 Å². The van der Waals surface area contributed by atoms with Crippen molar-refractivity contribution in [3.63, 3.8) is 0 Å². The van der Waals surface area contributed by atoms with Crippen LogP contribution in [0.1, 0.15) is 33.1 Å². The number of amides is 1. The SMILES string of the molecule is C[C@@H]1CCC[C@@H](C)N1C(=O)Cn1cnc2ccc([N+](=O)[O-])cc2c1=O. The number of benzene rings is 1. The Bertz CT molecular complexity index is 882. The molecule has 0 spiro atoms. The summed E-state index contributed by atoms with van der Waals surface area (Å²) in [6.07, 6.45) is 4.32. The maximum atomic E-state index is 12.7. The zero-order chi connectivity index (χ0) is 18.1. The number of nitrogens with zero attached hydrogens (tertiary/aromatic N) is 4. The zero-order valence-corrected chi connectivity index (χ0v) is 14.2. The van der Waals surface area contributed by atoms with Gasteiger partial charge in [-0.15, -0.1) is 0 Å². The molecule has 25 heavy (non-hydrogen) atoms. The summed E-state index contributed by atoms with van der Waals surface area (Å²) < 4.78 is 1.22. The third-order valence-electron chi connectivity index (χ3n) is 4.81. The quantitative estimate of drug-likeness (QED) is 0.627. The molecule has 2 atom stereocenters. The second kappa shape index (κ2) is 6.62. The van der Waals surface area contributed by atoms with Gasteiger partial charge in [-0.1, -0.05) is 0 Å². The van der Waals surface area contributed by atoms with Crippen molar-refractivity contribution in [2.45, 2.75) is 51.7 Å². The number of carbonyl (C=O) groups excluding carboxylic acids is 1. The van der Waals surface area contributed by atoms with Gasteiger partial charge in [0.1, 0.15) is 6.54 Å². The van der Waals surface area contributed by atoms with E-state index in [2.05, 4.69) is 4.98 Å². The maximum Gasteiger partial charge on any atom is 0.270 e. The van der Waals surface area contributed by atoms with E-state index in [4.69, 9.17) is 0 Å². The van der Waals surface area contributed by atoms with E-state index in [0.717, 1.165) is 19.3 Å². The van der Waals surface area contributed by atoms with E-state index in [0.29, 0.717) is 5.52 Å². The standard InChI is InChI=1S/C17H20N4O4/c1-11-4-3-5-12(2)20(11)16(22)9-19-10-18-15-7-6-13(21(24)25)8-14(15)17(19)23/h6-8,10-12H,3-5,9H2,1-2H3/t11-,12-/m1/s1. The lowest BCUT2D eigenvalue weighted by Gasteiger charge is -2.39. The topological polar surface area (TPSA) is 98.3 Å². The number of hydrogen-bond donors (Lipinski definition) is 0. The predicted molar refractivity (Wildman–Crippen MR) is 92.3 cm³/mol. The number of aromatic nitrogens is 2. The van der Waals surface area contributed by atoms with E-state index in [-0.39, 0.29) is 35.6 Å². The van der Waals surface area contributed by atoms with Crippen LogP contribution in [0.25, 0.3) is 10.9 Å². The molecule has 1 aromatic heterocycles. The molecule has 132 valence electrons. The van der Waals surface area contributed by atoms with Crippen LogP contribution in [0.2, 0.25) is 0 Å². The summed E-state index contributed by atoms with van der Waals surface area (Å²) >= 11 is 0. The summed E-state index contributed by atoms with van der Waals surface area (Å²) in [4.78, 5) is 41.6. The lowest BCUT2D eigenvalue weighted by molar-refractivity contribution is -0.384. The van der Waals surface area contributed by atoms with Gasteiger partial charge in [-0.2, -0.15) is 0 Å². The highest BCUT2D eigenvalue weighted by Gasteiger charge is 2.29. The Balaban J connectivity index is 1.93. The Kier molecular flexibility index (Phi) is 4.52. The molecule has 1 saturated heterocycles. The lowest BCUT2D eigenvalue weighted by Crippen LogP contribution is -2.49. The van der Waals surface area contributed by atoms with Crippen LogP contribution in [-0.2, 0) is 11.3 Å². The second-order valence-corrected chi connectivity index (χ2v) is 6.57. The first-order valence-electron chi connectivity index (χ1n) is 8.33. The van der Waals surface area contributed by atoms with Crippen LogP contribution in [0, 0.1) is 10.1 Å². The minimum atomic E-state index is -0.557. The molecule has 2 aromatic rings. The molecule has 1 aliphatic rings. The largest absolute Gasteiger partial charge is 0.336 e. The number of non-ortho nitro benzene ring substituents is 1. The van der Waals surface area contributed by atoms with Crippen molar-refractivity contribution in [1.29, 1.82) is 0 Å². The maximum absolute atomic E-state index is 12.7. The molecule has 0 unspecified atom stereocenters. The van der Waals surface area contributed by atoms with Crippen LogP contribution in [0.15, 0.2) is 29.3 Å². The Morgan fingerprint density at radius 3 is 2.64 bits per heavy atom. The molecule has 1 aliphatic heterocycles.